The lowest BCUT2D eigenvalue weighted by Gasteiger charge is -2.38. The number of methoxy groups -OCH3 is 3. The van der Waals surface area contributed by atoms with Crippen molar-refractivity contribution >= 4 is 12.1 Å². The maximum Gasteiger partial charge on any atom is 0.412 e. The van der Waals surface area contributed by atoms with E-state index in [1.807, 2.05) is 0 Å². The average molecular weight is 407 g/mol. The molecule has 0 aliphatic carbocycles. The Labute approximate surface area is 166 Å². The van der Waals surface area contributed by atoms with Gasteiger partial charge in [0, 0.05) is 14.2 Å². The molecule has 3 atom stereocenters. The standard InChI is InChI=1S/C18H33NO9/c1-17(2,3)28-16(21)19-12(9-27-18(19,4)5)13(25-10-22-6)14(15(20)24-8)26-11-23-7/h12-14H,9-11H2,1-8H3/t12-,13-,14+/m0/s1. The Kier molecular flexibility index (Phi) is 9.09. The first-order valence-electron chi connectivity index (χ1n) is 8.93. The van der Waals surface area contributed by atoms with Gasteiger partial charge in [-0.1, -0.05) is 0 Å². The Morgan fingerprint density at radius 1 is 1.11 bits per heavy atom. The first-order valence-corrected chi connectivity index (χ1v) is 8.93. The molecule has 1 fully saturated rings. The molecule has 0 N–H and O–H groups in total. The first-order chi connectivity index (χ1) is 13.0. The number of esters is 1. The van der Waals surface area contributed by atoms with Gasteiger partial charge in [0.15, 0.2) is 6.10 Å². The zero-order valence-electron chi connectivity index (χ0n) is 18.0. The van der Waals surface area contributed by atoms with Gasteiger partial charge in [-0.25, -0.2) is 9.59 Å². The van der Waals surface area contributed by atoms with Crippen molar-refractivity contribution in [1.82, 2.24) is 4.90 Å². The summed E-state index contributed by atoms with van der Waals surface area (Å²) >= 11 is 0. The second-order valence-corrected chi connectivity index (χ2v) is 7.73. The van der Waals surface area contributed by atoms with Gasteiger partial charge < -0.3 is 33.2 Å². The fraction of sp³-hybridized carbons (Fsp3) is 0.889. The van der Waals surface area contributed by atoms with Crippen LogP contribution in [0.4, 0.5) is 4.79 Å². The van der Waals surface area contributed by atoms with Gasteiger partial charge in [-0.15, -0.1) is 0 Å². The third kappa shape index (κ3) is 6.56. The van der Waals surface area contributed by atoms with Crippen LogP contribution in [-0.4, -0.2) is 88.1 Å². The van der Waals surface area contributed by atoms with Gasteiger partial charge in [0.05, 0.1) is 19.8 Å². The number of nitrogens with zero attached hydrogens (tertiary/aromatic N) is 1. The molecule has 10 heteroatoms. The molecular formula is C18H33NO9. The van der Waals surface area contributed by atoms with Crippen LogP contribution in [0.2, 0.25) is 0 Å². The second-order valence-electron chi connectivity index (χ2n) is 7.73. The van der Waals surface area contributed by atoms with Crippen molar-refractivity contribution in [1.29, 1.82) is 0 Å². The SMILES string of the molecule is COCO[C@H]([C@@H](OCOC)C(=O)OC)[C@@H]1COC(C)(C)N1C(=O)OC(C)(C)C. The van der Waals surface area contributed by atoms with Gasteiger partial charge in [0.2, 0.25) is 0 Å². The molecule has 0 saturated carbocycles. The van der Waals surface area contributed by atoms with Crippen molar-refractivity contribution in [3.05, 3.63) is 0 Å². The Morgan fingerprint density at radius 2 is 1.68 bits per heavy atom. The van der Waals surface area contributed by atoms with Crippen molar-refractivity contribution in [2.24, 2.45) is 0 Å². The Hall–Kier alpha value is -1.46. The molecule has 10 nitrogen and oxygen atoms in total. The quantitative estimate of drug-likeness (QED) is 0.416. The summed E-state index contributed by atoms with van der Waals surface area (Å²) in [6, 6.07) is -0.694. The fourth-order valence-electron chi connectivity index (χ4n) is 2.84. The summed E-state index contributed by atoms with van der Waals surface area (Å²) < 4.78 is 37.3. The number of hydrogen-bond acceptors (Lipinski definition) is 9. The van der Waals surface area contributed by atoms with Crippen molar-refractivity contribution in [2.75, 3.05) is 41.5 Å². The van der Waals surface area contributed by atoms with Gasteiger partial charge in [-0.2, -0.15) is 0 Å². The Morgan fingerprint density at radius 3 is 2.18 bits per heavy atom. The first kappa shape index (κ1) is 24.6. The fourth-order valence-corrected chi connectivity index (χ4v) is 2.84. The predicted molar refractivity (Wildman–Crippen MR) is 97.4 cm³/mol. The van der Waals surface area contributed by atoms with Crippen molar-refractivity contribution in [3.63, 3.8) is 0 Å². The highest BCUT2D eigenvalue weighted by atomic mass is 16.7. The van der Waals surface area contributed by atoms with Crippen LogP contribution in [0.3, 0.4) is 0 Å². The lowest BCUT2D eigenvalue weighted by Crippen LogP contribution is -2.58. The summed E-state index contributed by atoms with van der Waals surface area (Å²) in [5.41, 5.74) is -1.69. The summed E-state index contributed by atoms with van der Waals surface area (Å²) in [6.45, 7) is 8.56. The molecule has 0 aromatic carbocycles. The Balaban J connectivity index is 3.24. The summed E-state index contributed by atoms with van der Waals surface area (Å²) in [5.74, 6) is -0.674. The smallest absolute Gasteiger partial charge is 0.412 e. The normalized spacial score (nSPS) is 21.3. The van der Waals surface area contributed by atoms with E-state index < -0.39 is 41.6 Å². The van der Waals surface area contributed by atoms with Gasteiger partial charge in [-0.3, -0.25) is 4.90 Å². The number of carbonyl (C=O) groups excluding carboxylic acids is 2. The molecular weight excluding hydrogens is 374 g/mol. The second kappa shape index (κ2) is 10.4. The van der Waals surface area contributed by atoms with E-state index in [9.17, 15) is 9.59 Å². The third-order valence-electron chi connectivity index (χ3n) is 3.96. The Bertz CT molecular complexity index is 518. The van der Waals surface area contributed by atoms with Crippen LogP contribution in [0.15, 0.2) is 0 Å². The summed E-state index contributed by atoms with van der Waals surface area (Å²) in [5, 5.41) is 0. The van der Waals surface area contributed by atoms with Crippen LogP contribution in [-0.2, 0) is 38.0 Å². The molecule has 1 saturated heterocycles. The number of rotatable bonds is 9. The zero-order chi connectivity index (χ0) is 21.5. The molecule has 1 amide bonds. The van der Waals surface area contributed by atoms with Crippen LogP contribution < -0.4 is 0 Å². The number of hydrogen-bond donors (Lipinski definition) is 0. The molecule has 1 aliphatic rings. The number of amides is 1. The van der Waals surface area contributed by atoms with E-state index in [1.54, 1.807) is 34.6 Å². The van der Waals surface area contributed by atoms with E-state index in [-0.39, 0.29) is 20.2 Å². The third-order valence-corrected chi connectivity index (χ3v) is 3.96. The number of ether oxygens (including phenoxy) is 7. The molecule has 28 heavy (non-hydrogen) atoms. The van der Waals surface area contributed by atoms with E-state index in [2.05, 4.69) is 0 Å². The molecule has 0 bridgehead atoms. The van der Waals surface area contributed by atoms with E-state index in [0.29, 0.717) is 0 Å². The summed E-state index contributed by atoms with van der Waals surface area (Å²) in [7, 11) is 4.11. The van der Waals surface area contributed by atoms with Crippen molar-refractivity contribution < 1.29 is 42.7 Å². The van der Waals surface area contributed by atoms with E-state index in [1.165, 1.54) is 26.2 Å². The average Bonchev–Trinajstić information content (AvgIpc) is 2.90. The lowest BCUT2D eigenvalue weighted by atomic mass is 10.0. The molecule has 0 aromatic rings. The highest BCUT2D eigenvalue weighted by molar-refractivity contribution is 5.76. The van der Waals surface area contributed by atoms with Crippen LogP contribution in [0.25, 0.3) is 0 Å². The van der Waals surface area contributed by atoms with Crippen LogP contribution in [0, 0.1) is 0 Å². The van der Waals surface area contributed by atoms with Gasteiger partial charge >= 0.3 is 12.1 Å². The van der Waals surface area contributed by atoms with Crippen LogP contribution >= 0.6 is 0 Å². The lowest BCUT2D eigenvalue weighted by molar-refractivity contribution is -0.195. The minimum Gasteiger partial charge on any atom is -0.467 e. The minimum absolute atomic E-state index is 0.102. The maximum absolute atomic E-state index is 12.9. The highest BCUT2D eigenvalue weighted by Crippen LogP contribution is 2.33. The number of carbonyl (C=O) groups is 2. The van der Waals surface area contributed by atoms with Crippen molar-refractivity contribution in [2.45, 2.75) is 64.2 Å². The summed E-state index contributed by atoms with van der Waals surface area (Å²) in [6.07, 6.45) is -2.72. The topological polar surface area (TPSA) is 102 Å². The predicted octanol–water partition coefficient (Wildman–Crippen LogP) is 1.51. The largest absolute Gasteiger partial charge is 0.467 e. The van der Waals surface area contributed by atoms with E-state index >= 15 is 0 Å². The van der Waals surface area contributed by atoms with E-state index in [4.69, 9.17) is 33.2 Å². The molecule has 0 aromatic heterocycles. The maximum atomic E-state index is 12.9. The van der Waals surface area contributed by atoms with Gasteiger partial charge in [0.1, 0.15) is 31.0 Å². The van der Waals surface area contributed by atoms with Gasteiger partial charge in [0.25, 0.3) is 0 Å². The molecule has 1 rings (SSSR count). The minimum atomic E-state index is -1.17. The molecule has 0 radical (unpaired) electrons. The molecule has 0 spiro atoms. The monoisotopic (exact) mass is 407 g/mol. The zero-order valence-corrected chi connectivity index (χ0v) is 18.0. The van der Waals surface area contributed by atoms with Gasteiger partial charge in [-0.05, 0) is 34.6 Å². The van der Waals surface area contributed by atoms with E-state index in [0.717, 1.165) is 0 Å². The molecule has 0 unspecified atom stereocenters. The van der Waals surface area contributed by atoms with Crippen LogP contribution in [0.1, 0.15) is 34.6 Å². The molecule has 1 aliphatic heterocycles. The summed E-state index contributed by atoms with van der Waals surface area (Å²) in [4.78, 5) is 26.7. The van der Waals surface area contributed by atoms with Crippen molar-refractivity contribution in [3.8, 4) is 0 Å². The molecule has 1 heterocycles. The van der Waals surface area contributed by atoms with Crippen LogP contribution in [0.5, 0.6) is 0 Å². The highest BCUT2D eigenvalue weighted by Gasteiger charge is 2.52. The molecule has 164 valence electrons.